The molecule has 0 radical (unpaired) electrons. The van der Waals surface area contributed by atoms with Crippen LogP contribution >= 0.6 is 0 Å². The molecule has 0 saturated carbocycles. The van der Waals surface area contributed by atoms with Gasteiger partial charge in [0.2, 0.25) is 0 Å². The molecule has 0 bridgehead atoms. The number of ether oxygens (including phenoxy) is 2. The molecule has 166 valence electrons. The lowest BCUT2D eigenvalue weighted by Crippen LogP contribution is -2.45. The molecule has 1 fully saturated rings. The van der Waals surface area contributed by atoms with E-state index in [9.17, 15) is 4.39 Å². The number of piperidine rings is 1. The lowest BCUT2D eigenvalue weighted by molar-refractivity contribution is 0.146. The third kappa shape index (κ3) is 4.11. The van der Waals surface area contributed by atoms with E-state index in [1.54, 1.807) is 7.11 Å². The smallest absolute Gasteiger partial charge is 0.140 e. The number of nitrogens with one attached hydrogen (secondary N) is 2. The minimum atomic E-state index is -0.929. The summed E-state index contributed by atoms with van der Waals surface area (Å²) >= 11 is 0. The monoisotopic (exact) mass is 435 g/mol. The van der Waals surface area contributed by atoms with E-state index < -0.39 is 6.17 Å². The molecular weight excluding hydrogens is 409 g/mol. The van der Waals surface area contributed by atoms with Gasteiger partial charge in [0, 0.05) is 31.3 Å². The van der Waals surface area contributed by atoms with Crippen LogP contribution in [0.1, 0.15) is 6.42 Å². The number of anilines is 1. The van der Waals surface area contributed by atoms with Crippen molar-refractivity contribution in [3.05, 3.63) is 54.9 Å². The maximum Gasteiger partial charge on any atom is 0.140 e. The van der Waals surface area contributed by atoms with E-state index in [-0.39, 0.29) is 6.04 Å². The number of benzene rings is 1. The Hall–Kier alpha value is -3.23. The molecule has 2 atom stereocenters. The molecule has 32 heavy (non-hydrogen) atoms. The summed E-state index contributed by atoms with van der Waals surface area (Å²) in [4.78, 5) is 9.46. The van der Waals surface area contributed by atoms with Crippen molar-refractivity contribution in [1.82, 2.24) is 19.7 Å². The zero-order valence-corrected chi connectivity index (χ0v) is 17.9. The van der Waals surface area contributed by atoms with E-state index in [0.717, 1.165) is 52.3 Å². The van der Waals surface area contributed by atoms with E-state index in [4.69, 9.17) is 14.5 Å². The Kier molecular flexibility index (Phi) is 5.87. The van der Waals surface area contributed by atoms with Gasteiger partial charge >= 0.3 is 0 Å². The Morgan fingerprint density at radius 1 is 1.22 bits per heavy atom. The second kappa shape index (κ2) is 9.10. The highest BCUT2D eigenvalue weighted by atomic mass is 19.1. The summed E-state index contributed by atoms with van der Waals surface area (Å²) in [5.74, 6) is 0.743. The van der Waals surface area contributed by atoms with Crippen LogP contribution in [-0.2, 0) is 4.74 Å². The van der Waals surface area contributed by atoms with E-state index in [1.807, 2.05) is 59.3 Å². The maximum absolute atomic E-state index is 14.4. The molecule has 3 aromatic heterocycles. The summed E-state index contributed by atoms with van der Waals surface area (Å²) in [5.41, 5.74) is 4.13. The first-order valence-electron chi connectivity index (χ1n) is 10.8. The summed E-state index contributed by atoms with van der Waals surface area (Å²) in [6.07, 6.45) is 3.54. The largest absolute Gasteiger partial charge is 0.491 e. The zero-order valence-electron chi connectivity index (χ0n) is 17.9. The summed E-state index contributed by atoms with van der Waals surface area (Å²) in [5, 5.41) is 7.49. The molecule has 0 amide bonds. The van der Waals surface area contributed by atoms with Crippen LogP contribution in [-0.4, -0.2) is 60.0 Å². The predicted octanol–water partition coefficient (Wildman–Crippen LogP) is 3.69. The molecule has 5 rings (SSSR count). The highest BCUT2D eigenvalue weighted by Gasteiger charge is 2.25. The number of hydrogen-bond donors (Lipinski definition) is 2. The summed E-state index contributed by atoms with van der Waals surface area (Å²) in [6, 6.07) is 13.6. The average molecular weight is 436 g/mol. The number of alkyl halides is 1. The Morgan fingerprint density at radius 2 is 2.16 bits per heavy atom. The first-order chi connectivity index (χ1) is 15.7. The zero-order chi connectivity index (χ0) is 21.9. The number of aromatic nitrogens is 3. The minimum Gasteiger partial charge on any atom is -0.491 e. The number of fused-ring (bicyclic) bond motifs is 2. The molecule has 1 aliphatic heterocycles. The molecule has 7 nitrogen and oxygen atoms in total. The van der Waals surface area contributed by atoms with Crippen molar-refractivity contribution in [2.75, 3.05) is 38.7 Å². The van der Waals surface area contributed by atoms with Gasteiger partial charge in [0.25, 0.3) is 0 Å². The topological polar surface area (TPSA) is 72.7 Å². The third-order valence-corrected chi connectivity index (χ3v) is 5.77. The highest BCUT2D eigenvalue weighted by molar-refractivity contribution is 5.92. The second-order valence-electron chi connectivity index (χ2n) is 7.91. The van der Waals surface area contributed by atoms with Crippen molar-refractivity contribution in [2.45, 2.75) is 18.6 Å². The quantitative estimate of drug-likeness (QED) is 0.432. The molecule has 0 spiro atoms. The Labute approximate surface area is 185 Å². The molecule has 0 unspecified atom stereocenters. The number of hydrogen-bond acceptors (Lipinski definition) is 6. The van der Waals surface area contributed by atoms with Crippen molar-refractivity contribution >= 4 is 22.2 Å². The predicted molar refractivity (Wildman–Crippen MR) is 123 cm³/mol. The van der Waals surface area contributed by atoms with E-state index in [1.165, 1.54) is 0 Å². The Morgan fingerprint density at radius 3 is 3.03 bits per heavy atom. The van der Waals surface area contributed by atoms with Gasteiger partial charge in [-0.25, -0.2) is 14.4 Å². The number of halogens is 1. The van der Waals surface area contributed by atoms with Crippen molar-refractivity contribution < 1.29 is 13.9 Å². The first-order valence-corrected chi connectivity index (χ1v) is 10.8. The fourth-order valence-electron chi connectivity index (χ4n) is 4.07. The lowest BCUT2D eigenvalue weighted by Gasteiger charge is -2.28. The van der Waals surface area contributed by atoms with Crippen LogP contribution in [0.15, 0.2) is 54.9 Å². The number of para-hydroxylation sites is 1. The highest BCUT2D eigenvalue weighted by Crippen LogP contribution is 2.28. The number of methoxy groups -OCH3 is 1. The molecule has 8 heteroatoms. The van der Waals surface area contributed by atoms with Gasteiger partial charge in [-0.1, -0.05) is 18.2 Å². The summed E-state index contributed by atoms with van der Waals surface area (Å²) in [7, 11) is 1.65. The van der Waals surface area contributed by atoms with E-state index in [0.29, 0.717) is 19.8 Å². The lowest BCUT2D eigenvalue weighted by atomic mass is 10.0. The molecule has 1 aliphatic rings. The number of imidazole rings is 1. The van der Waals surface area contributed by atoms with Crippen LogP contribution in [0.5, 0.6) is 5.75 Å². The maximum atomic E-state index is 14.4. The van der Waals surface area contributed by atoms with Gasteiger partial charge in [-0.05, 0) is 31.2 Å². The van der Waals surface area contributed by atoms with Crippen molar-refractivity contribution in [1.29, 1.82) is 0 Å². The van der Waals surface area contributed by atoms with Crippen LogP contribution < -0.4 is 15.4 Å². The Balaban J connectivity index is 1.47. The third-order valence-electron chi connectivity index (χ3n) is 5.77. The molecule has 2 N–H and O–H groups in total. The Bertz CT molecular complexity index is 1230. The van der Waals surface area contributed by atoms with Crippen molar-refractivity contribution in [2.24, 2.45) is 0 Å². The second-order valence-corrected chi connectivity index (χ2v) is 7.91. The van der Waals surface area contributed by atoms with Gasteiger partial charge in [-0.15, -0.1) is 0 Å². The van der Waals surface area contributed by atoms with Crippen molar-refractivity contribution in [3.63, 3.8) is 0 Å². The normalized spacial score (nSPS) is 18.8. The van der Waals surface area contributed by atoms with Gasteiger partial charge in [-0.3, -0.25) is 4.40 Å². The molecule has 4 heterocycles. The van der Waals surface area contributed by atoms with Gasteiger partial charge in [0.05, 0.1) is 41.4 Å². The van der Waals surface area contributed by atoms with Crippen LogP contribution in [0.2, 0.25) is 0 Å². The average Bonchev–Trinajstić information content (AvgIpc) is 3.24. The first kappa shape index (κ1) is 20.7. The fourth-order valence-corrected chi connectivity index (χ4v) is 4.07. The standard InChI is InChI=1S/C24H26FN5O2/c1-31-11-12-32-17-8-10-30-22(15-27-23(30)13-17)20-6-5-16-3-2-4-21(24(16)29-20)28-19-7-9-26-14-18(19)25/h2-6,8,10,13,15,18-19,26,28H,7,9,11-12,14H2,1H3/t18-,19+/m1/s1. The van der Waals surface area contributed by atoms with Gasteiger partial charge < -0.3 is 20.1 Å². The van der Waals surface area contributed by atoms with E-state index >= 15 is 0 Å². The van der Waals surface area contributed by atoms with Gasteiger partial charge in [0.1, 0.15) is 24.2 Å². The van der Waals surface area contributed by atoms with Gasteiger partial charge in [0.15, 0.2) is 0 Å². The molecule has 1 saturated heterocycles. The van der Waals surface area contributed by atoms with Crippen LogP contribution in [0.25, 0.3) is 27.9 Å². The SMILES string of the molecule is COCCOc1ccn2c(-c3ccc4cccc(N[C@H]5CCNC[C@H]5F)c4n3)cnc2c1. The van der Waals surface area contributed by atoms with Gasteiger partial charge in [-0.2, -0.15) is 0 Å². The van der Waals surface area contributed by atoms with Crippen LogP contribution in [0, 0.1) is 0 Å². The van der Waals surface area contributed by atoms with Crippen molar-refractivity contribution in [3.8, 4) is 17.1 Å². The van der Waals surface area contributed by atoms with E-state index in [2.05, 4.69) is 15.6 Å². The van der Waals surface area contributed by atoms with Crippen LogP contribution in [0.3, 0.4) is 0 Å². The number of rotatable bonds is 7. The molecular formula is C24H26FN5O2. The number of pyridine rings is 2. The summed E-state index contributed by atoms with van der Waals surface area (Å²) in [6.45, 7) is 2.20. The summed E-state index contributed by atoms with van der Waals surface area (Å²) < 4.78 is 27.1. The fraction of sp³-hybridized carbons (Fsp3) is 0.333. The van der Waals surface area contributed by atoms with Crippen LogP contribution in [0.4, 0.5) is 10.1 Å². The molecule has 4 aromatic rings. The molecule has 1 aromatic carbocycles. The number of nitrogens with zero attached hydrogens (tertiary/aromatic N) is 3. The molecule has 0 aliphatic carbocycles. The minimum absolute atomic E-state index is 0.223.